The maximum absolute atomic E-state index is 4.00. The SMILES string of the molecule is CCC1CCCCC1NC1CCc2ccccc2C1. The average Bonchev–Trinajstić information content (AvgIpc) is 2.48. The molecule has 0 radical (unpaired) electrons. The van der Waals surface area contributed by atoms with Gasteiger partial charge in [-0.3, -0.25) is 0 Å². The normalized spacial score (nSPS) is 30.9. The summed E-state index contributed by atoms with van der Waals surface area (Å²) in [4.78, 5) is 0. The van der Waals surface area contributed by atoms with Gasteiger partial charge in [-0.15, -0.1) is 0 Å². The van der Waals surface area contributed by atoms with Gasteiger partial charge >= 0.3 is 0 Å². The highest BCUT2D eigenvalue weighted by atomic mass is 15.0. The molecule has 2 aliphatic carbocycles. The Morgan fingerprint density at radius 1 is 1.05 bits per heavy atom. The first-order valence-electron chi connectivity index (χ1n) is 8.19. The van der Waals surface area contributed by atoms with Gasteiger partial charge in [-0.25, -0.2) is 0 Å². The lowest BCUT2D eigenvalue weighted by Crippen LogP contribution is -2.46. The number of benzene rings is 1. The van der Waals surface area contributed by atoms with Crippen LogP contribution in [0.15, 0.2) is 24.3 Å². The summed E-state index contributed by atoms with van der Waals surface area (Å²) >= 11 is 0. The van der Waals surface area contributed by atoms with Crippen molar-refractivity contribution in [1.29, 1.82) is 0 Å². The van der Waals surface area contributed by atoms with E-state index in [2.05, 4.69) is 36.5 Å². The number of hydrogen-bond acceptors (Lipinski definition) is 1. The van der Waals surface area contributed by atoms with E-state index in [0.717, 1.165) is 12.0 Å². The fourth-order valence-corrected chi connectivity index (χ4v) is 4.06. The number of fused-ring (bicyclic) bond motifs is 1. The minimum absolute atomic E-state index is 0.715. The van der Waals surface area contributed by atoms with Crippen LogP contribution in [-0.2, 0) is 12.8 Å². The van der Waals surface area contributed by atoms with Gasteiger partial charge < -0.3 is 5.32 Å². The Labute approximate surface area is 117 Å². The molecule has 1 heteroatoms. The van der Waals surface area contributed by atoms with Crippen molar-refractivity contribution in [2.24, 2.45) is 5.92 Å². The summed E-state index contributed by atoms with van der Waals surface area (Å²) in [7, 11) is 0. The molecule has 1 fully saturated rings. The van der Waals surface area contributed by atoms with Gasteiger partial charge in [-0.2, -0.15) is 0 Å². The first-order valence-corrected chi connectivity index (χ1v) is 8.19. The van der Waals surface area contributed by atoms with Crippen molar-refractivity contribution in [1.82, 2.24) is 5.32 Å². The first-order chi connectivity index (χ1) is 9.36. The Morgan fingerprint density at radius 3 is 2.68 bits per heavy atom. The zero-order chi connectivity index (χ0) is 13.1. The molecule has 104 valence electrons. The van der Waals surface area contributed by atoms with E-state index in [9.17, 15) is 0 Å². The van der Waals surface area contributed by atoms with Gasteiger partial charge in [0.25, 0.3) is 0 Å². The van der Waals surface area contributed by atoms with E-state index < -0.39 is 0 Å². The molecule has 3 atom stereocenters. The molecular formula is C18H27N. The van der Waals surface area contributed by atoms with Gasteiger partial charge in [0.15, 0.2) is 0 Å². The van der Waals surface area contributed by atoms with E-state index in [1.165, 1.54) is 51.4 Å². The molecule has 0 heterocycles. The Morgan fingerprint density at radius 2 is 1.84 bits per heavy atom. The number of hydrogen-bond donors (Lipinski definition) is 1. The lowest BCUT2D eigenvalue weighted by atomic mass is 9.81. The van der Waals surface area contributed by atoms with E-state index in [4.69, 9.17) is 0 Å². The van der Waals surface area contributed by atoms with E-state index >= 15 is 0 Å². The summed E-state index contributed by atoms with van der Waals surface area (Å²) < 4.78 is 0. The Bertz CT molecular complexity index is 412. The van der Waals surface area contributed by atoms with Gasteiger partial charge in [0.2, 0.25) is 0 Å². The molecular weight excluding hydrogens is 230 g/mol. The summed E-state index contributed by atoms with van der Waals surface area (Å²) in [6.07, 6.45) is 10.9. The zero-order valence-corrected chi connectivity index (χ0v) is 12.2. The fraction of sp³-hybridized carbons (Fsp3) is 0.667. The van der Waals surface area contributed by atoms with Crippen molar-refractivity contribution in [3.8, 4) is 0 Å². The quantitative estimate of drug-likeness (QED) is 0.859. The molecule has 0 aromatic heterocycles. The number of nitrogens with one attached hydrogen (secondary N) is 1. The van der Waals surface area contributed by atoms with Crippen LogP contribution in [0.2, 0.25) is 0 Å². The van der Waals surface area contributed by atoms with Gasteiger partial charge in [-0.05, 0) is 49.1 Å². The first kappa shape index (κ1) is 13.2. The zero-order valence-electron chi connectivity index (χ0n) is 12.2. The monoisotopic (exact) mass is 257 g/mol. The van der Waals surface area contributed by atoms with Crippen LogP contribution in [0.25, 0.3) is 0 Å². The number of aryl methyl sites for hydroxylation is 1. The highest BCUT2D eigenvalue weighted by Gasteiger charge is 2.27. The summed E-state index contributed by atoms with van der Waals surface area (Å²) in [5.41, 5.74) is 3.16. The smallest absolute Gasteiger partial charge is 0.0113 e. The second-order valence-corrected chi connectivity index (χ2v) is 6.43. The molecule has 1 saturated carbocycles. The molecule has 1 aromatic rings. The highest BCUT2D eigenvalue weighted by Crippen LogP contribution is 2.29. The minimum Gasteiger partial charge on any atom is -0.311 e. The molecule has 1 N–H and O–H groups in total. The van der Waals surface area contributed by atoms with E-state index in [1.807, 2.05) is 0 Å². The Hall–Kier alpha value is -0.820. The molecule has 0 spiro atoms. The third-order valence-electron chi connectivity index (χ3n) is 5.23. The van der Waals surface area contributed by atoms with Crippen molar-refractivity contribution in [3.05, 3.63) is 35.4 Å². The molecule has 0 saturated heterocycles. The molecule has 0 aliphatic heterocycles. The van der Waals surface area contributed by atoms with Crippen LogP contribution >= 0.6 is 0 Å². The number of rotatable bonds is 3. The summed E-state index contributed by atoms with van der Waals surface area (Å²) in [6, 6.07) is 10.5. The van der Waals surface area contributed by atoms with Crippen LogP contribution < -0.4 is 5.32 Å². The molecule has 2 aliphatic rings. The Kier molecular flexibility index (Phi) is 4.22. The fourth-order valence-electron chi connectivity index (χ4n) is 4.06. The summed E-state index contributed by atoms with van der Waals surface area (Å²) in [5.74, 6) is 0.922. The second kappa shape index (κ2) is 6.09. The molecule has 0 amide bonds. The topological polar surface area (TPSA) is 12.0 Å². The predicted octanol–water partition coefficient (Wildman–Crippen LogP) is 4.10. The van der Waals surface area contributed by atoms with Gasteiger partial charge in [0, 0.05) is 12.1 Å². The van der Waals surface area contributed by atoms with E-state index in [-0.39, 0.29) is 0 Å². The van der Waals surface area contributed by atoms with Crippen LogP contribution in [0, 0.1) is 5.92 Å². The summed E-state index contributed by atoms with van der Waals surface area (Å²) in [5, 5.41) is 4.00. The highest BCUT2D eigenvalue weighted by molar-refractivity contribution is 5.30. The lowest BCUT2D eigenvalue weighted by Gasteiger charge is -2.36. The van der Waals surface area contributed by atoms with Crippen molar-refractivity contribution in [2.75, 3.05) is 0 Å². The molecule has 3 unspecified atom stereocenters. The molecule has 3 rings (SSSR count). The standard InChI is InChI=1S/C18H27N/c1-2-14-7-5-6-10-18(14)19-17-12-11-15-8-3-4-9-16(15)13-17/h3-4,8-9,14,17-19H,2,5-7,10-13H2,1H3. The van der Waals surface area contributed by atoms with Crippen LogP contribution in [-0.4, -0.2) is 12.1 Å². The van der Waals surface area contributed by atoms with Gasteiger partial charge in [0.05, 0.1) is 0 Å². The van der Waals surface area contributed by atoms with E-state index in [1.54, 1.807) is 11.1 Å². The van der Waals surface area contributed by atoms with Crippen molar-refractivity contribution >= 4 is 0 Å². The van der Waals surface area contributed by atoms with Crippen LogP contribution in [0.5, 0.6) is 0 Å². The lowest BCUT2D eigenvalue weighted by molar-refractivity contribution is 0.229. The molecule has 0 bridgehead atoms. The predicted molar refractivity (Wildman–Crippen MR) is 81.4 cm³/mol. The third-order valence-corrected chi connectivity index (χ3v) is 5.23. The van der Waals surface area contributed by atoms with E-state index in [0.29, 0.717) is 6.04 Å². The van der Waals surface area contributed by atoms with Crippen LogP contribution in [0.4, 0.5) is 0 Å². The maximum Gasteiger partial charge on any atom is 0.0113 e. The van der Waals surface area contributed by atoms with Crippen molar-refractivity contribution < 1.29 is 0 Å². The van der Waals surface area contributed by atoms with Crippen molar-refractivity contribution in [2.45, 2.75) is 70.4 Å². The average molecular weight is 257 g/mol. The van der Waals surface area contributed by atoms with Crippen LogP contribution in [0.3, 0.4) is 0 Å². The maximum atomic E-state index is 4.00. The minimum atomic E-state index is 0.715. The molecule has 19 heavy (non-hydrogen) atoms. The van der Waals surface area contributed by atoms with Gasteiger partial charge in [0.1, 0.15) is 0 Å². The largest absolute Gasteiger partial charge is 0.311 e. The third kappa shape index (κ3) is 3.02. The molecule has 1 nitrogen and oxygen atoms in total. The summed E-state index contributed by atoms with van der Waals surface area (Å²) in [6.45, 7) is 2.36. The molecule has 1 aromatic carbocycles. The van der Waals surface area contributed by atoms with Crippen LogP contribution in [0.1, 0.15) is 56.6 Å². The Balaban J connectivity index is 1.62. The van der Waals surface area contributed by atoms with Crippen molar-refractivity contribution in [3.63, 3.8) is 0 Å². The second-order valence-electron chi connectivity index (χ2n) is 6.43. The van der Waals surface area contributed by atoms with Gasteiger partial charge in [-0.1, -0.05) is 50.5 Å².